The van der Waals surface area contributed by atoms with Crippen LogP contribution in [0.15, 0.2) is 24.3 Å². The molecule has 5 nitrogen and oxygen atoms in total. The number of benzene rings is 1. The van der Waals surface area contributed by atoms with Gasteiger partial charge in [0, 0.05) is 6.54 Å². The normalized spacial score (nSPS) is 15.2. The number of hydrogen-bond donors (Lipinski definition) is 2. The number of aliphatic carboxylic acids is 1. The van der Waals surface area contributed by atoms with E-state index in [1.165, 1.54) is 11.1 Å². The van der Waals surface area contributed by atoms with Crippen LogP contribution < -0.4 is 4.72 Å². The molecule has 0 aromatic heterocycles. The predicted octanol–water partition coefficient (Wildman–Crippen LogP) is 1.19. The minimum absolute atomic E-state index is 0.0391. The van der Waals surface area contributed by atoms with Crippen molar-refractivity contribution in [3.63, 3.8) is 0 Å². The Morgan fingerprint density at radius 2 is 1.85 bits per heavy atom. The molecule has 0 fully saturated rings. The third-order valence-corrected chi connectivity index (χ3v) is 5.01. The van der Waals surface area contributed by atoms with Gasteiger partial charge in [-0.3, -0.25) is 4.79 Å². The highest BCUT2D eigenvalue weighted by Gasteiger charge is 2.22. The average Bonchev–Trinajstić information content (AvgIpc) is 2.78. The molecule has 2 rings (SSSR count). The van der Waals surface area contributed by atoms with Gasteiger partial charge in [-0.1, -0.05) is 24.3 Å². The van der Waals surface area contributed by atoms with Crippen molar-refractivity contribution >= 4 is 16.0 Å². The number of carbonyl (C=O) groups is 1. The number of carboxylic acid groups (broad SMARTS) is 1. The maximum atomic E-state index is 11.7. The van der Waals surface area contributed by atoms with Crippen molar-refractivity contribution in [2.45, 2.75) is 25.7 Å². The van der Waals surface area contributed by atoms with E-state index in [9.17, 15) is 13.2 Å². The first-order chi connectivity index (χ1) is 9.46. The van der Waals surface area contributed by atoms with Crippen LogP contribution in [0.4, 0.5) is 0 Å². The zero-order valence-electron chi connectivity index (χ0n) is 11.2. The molecule has 6 heteroatoms. The molecule has 0 atom stereocenters. The lowest BCUT2D eigenvalue weighted by Crippen LogP contribution is -2.29. The fraction of sp³-hybridized carbons (Fsp3) is 0.500. The third kappa shape index (κ3) is 4.31. The van der Waals surface area contributed by atoms with Crippen molar-refractivity contribution in [1.29, 1.82) is 0 Å². The summed E-state index contributed by atoms with van der Waals surface area (Å²) in [6.45, 7) is -0.0391. The standard InChI is InChI=1S/C14H19NO4S/c16-14(17)5-7-15-20(18,19)8-6-11-9-12-3-1-2-4-13(12)10-11/h1-4,11,15H,5-10H2,(H,16,17). The summed E-state index contributed by atoms with van der Waals surface area (Å²) in [7, 11) is -3.37. The van der Waals surface area contributed by atoms with Gasteiger partial charge in [0.05, 0.1) is 12.2 Å². The molecule has 0 unspecified atom stereocenters. The average molecular weight is 297 g/mol. The molecule has 0 bridgehead atoms. The summed E-state index contributed by atoms with van der Waals surface area (Å²) in [5.74, 6) is -0.576. The predicted molar refractivity (Wildman–Crippen MR) is 76.0 cm³/mol. The van der Waals surface area contributed by atoms with Crippen LogP contribution >= 0.6 is 0 Å². The zero-order valence-corrected chi connectivity index (χ0v) is 12.0. The van der Waals surface area contributed by atoms with E-state index in [2.05, 4.69) is 16.9 Å². The fourth-order valence-electron chi connectivity index (χ4n) is 2.56. The summed E-state index contributed by atoms with van der Waals surface area (Å²) in [5, 5.41) is 8.48. The Morgan fingerprint density at radius 3 is 2.40 bits per heavy atom. The number of fused-ring (bicyclic) bond motifs is 1. The number of nitrogens with one attached hydrogen (secondary N) is 1. The van der Waals surface area contributed by atoms with Gasteiger partial charge >= 0.3 is 5.97 Å². The van der Waals surface area contributed by atoms with Gasteiger partial charge in [0.15, 0.2) is 0 Å². The molecule has 0 aliphatic heterocycles. The van der Waals surface area contributed by atoms with Gasteiger partial charge < -0.3 is 5.11 Å². The van der Waals surface area contributed by atoms with Gasteiger partial charge in [-0.05, 0) is 36.3 Å². The molecular formula is C14H19NO4S. The van der Waals surface area contributed by atoms with E-state index in [1.807, 2.05) is 12.1 Å². The molecule has 20 heavy (non-hydrogen) atoms. The van der Waals surface area contributed by atoms with Crippen molar-refractivity contribution in [1.82, 2.24) is 4.72 Å². The van der Waals surface area contributed by atoms with Crippen LogP contribution in [0.1, 0.15) is 24.0 Å². The SMILES string of the molecule is O=C(O)CCNS(=O)(=O)CCC1Cc2ccccc2C1. The Morgan fingerprint density at radius 1 is 1.25 bits per heavy atom. The summed E-state index contributed by atoms with van der Waals surface area (Å²) in [5.41, 5.74) is 2.63. The molecule has 1 aromatic carbocycles. The Bertz CT molecular complexity index is 558. The van der Waals surface area contributed by atoms with Gasteiger partial charge in [0.1, 0.15) is 0 Å². The first-order valence-corrected chi connectivity index (χ1v) is 8.37. The summed E-state index contributed by atoms with van der Waals surface area (Å²) < 4.78 is 25.8. The molecule has 1 aliphatic carbocycles. The highest BCUT2D eigenvalue weighted by atomic mass is 32.2. The van der Waals surface area contributed by atoms with Gasteiger partial charge in [-0.2, -0.15) is 0 Å². The van der Waals surface area contributed by atoms with Crippen LogP contribution in [-0.4, -0.2) is 31.8 Å². The number of rotatable bonds is 7. The minimum atomic E-state index is -3.37. The quantitative estimate of drug-likeness (QED) is 0.792. The molecule has 2 N–H and O–H groups in total. The van der Waals surface area contributed by atoms with Gasteiger partial charge in [0.25, 0.3) is 0 Å². The Hall–Kier alpha value is -1.40. The number of carboxylic acids is 1. The lowest BCUT2D eigenvalue weighted by atomic mass is 10.0. The largest absolute Gasteiger partial charge is 0.481 e. The van der Waals surface area contributed by atoms with E-state index in [0.717, 1.165) is 12.8 Å². The Kier molecular flexibility index (Phi) is 4.77. The second-order valence-corrected chi connectivity index (χ2v) is 7.12. The second-order valence-electron chi connectivity index (χ2n) is 5.19. The van der Waals surface area contributed by atoms with Crippen LogP contribution in [-0.2, 0) is 27.7 Å². The van der Waals surface area contributed by atoms with Crippen LogP contribution in [0.25, 0.3) is 0 Å². The van der Waals surface area contributed by atoms with Gasteiger partial charge in [-0.25, -0.2) is 13.1 Å². The van der Waals surface area contributed by atoms with E-state index in [1.54, 1.807) is 0 Å². The fourth-order valence-corrected chi connectivity index (χ4v) is 3.76. The molecule has 0 radical (unpaired) electrons. The number of hydrogen-bond acceptors (Lipinski definition) is 3. The first kappa shape index (κ1) is 15.0. The van der Waals surface area contributed by atoms with Crippen LogP contribution in [0.3, 0.4) is 0 Å². The summed E-state index contributed by atoms with van der Waals surface area (Å²) >= 11 is 0. The highest BCUT2D eigenvalue weighted by molar-refractivity contribution is 7.89. The molecule has 0 saturated carbocycles. The van der Waals surface area contributed by atoms with Gasteiger partial charge in [0.2, 0.25) is 10.0 Å². The van der Waals surface area contributed by atoms with E-state index < -0.39 is 16.0 Å². The Balaban J connectivity index is 1.77. The van der Waals surface area contributed by atoms with E-state index in [-0.39, 0.29) is 18.7 Å². The zero-order chi connectivity index (χ0) is 14.6. The van der Waals surface area contributed by atoms with Crippen LogP contribution in [0, 0.1) is 5.92 Å². The molecule has 1 aliphatic rings. The van der Waals surface area contributed by atoms with Crippen molar-refractivity contribution in [2.24, 2.45) is 5.92 Å². The number of sulfonamides is 1. The molecule has 0 amide bonds. The molecule has 110 valence electrons. The van der Waals surface area contributed by atoms with Crippen molar-refractivity contribution in [3.05, 3.63) is 35.4 Å². The Labute approximate surface area is 119 Å². The molecule has 0 saturated heterocycles. The lowest BCUT2D eigenvalue weighted by molar-refractivity contribution is -0.136. The van der Waals surface area contributed by atoms with Gasteiger partial charge in [-0.15, -0.1) is 0 Å². The van der Waals surface area contributed by atoms with Crippen LogP contribution in [0.2, 0.25) is 0 Å². The lowest BCUT2D eigenvalue weighted by Gasteiger charge is -2.10. The van der Waals surface area contributed by atoms with E-state index in [0.29, 0.717) is 12.3 Å². The van der Waals surface area contributed by atoms with Crippen molar-refractivity contribution in [3.8, 4) is 0 Å². The monoisotopic (exact) mass is 297 g/mol. The first-order valence-electron chi connectivity index (χ1n) is 6.72. The van der Waals surface area contributed by atoms with Crippen LogP contribution in [0.5, 0.6) is 0 Å². The molecule has 1 aromatic rings. The summed E-state index contributed by atoms with van der Waals surface area (Å²) in [4.78, 5) is 10.3. The third-order valence-electron chi connectivity index (χ3n) is 3.59. The van der Waals surface area contributed by atoms with Crippen molar-refractivity contribution < 1.29 is 18.3 Å². The highest BCUT2D eigenvalue weighted by Crippen LogP contribution is 2.28. The molecular weight excluding hydrogens is 278 g/mol. The minimum Gasteiger partial charge on any atom is -0.481 e. The molecule has 0 spiro atoms. The van der Waals surface area contributed by atoms with E-state index in [4.69, 9.17) is 5.11 Å². The summed E-state index contributed by atoms with van der Waals surface area (Å²) in [6.07, 6.45) is 2.28. The summed E-state index contributed by atoms with van der Waals surface area (Å²) in [6, 6.07) is 8.20. The molecule has 0 heterocycles. The maximum Gasteiger partial charge on any atom is 0.304 e. The second kappa shape index (κ2) is 6.37. The maximum absolute atomic E-state index is 11.7. The smallest absolute Gasteiger partial charge is 0.304 e. The van der Waals surface area contributed by atoms with E-state index >= 15 is 0 Å². The topological polar surface area (TPSA) is 83.5 Å². The van der Waals surface area contributed by atoms with Crippen molar-refractivity contribution in [2.75, 3.05) is 12.3 Å².